The van der Waals surface area contributed by atoms with Crippen LogP contribution in [0.4, 0.5) is 4.39 Å². The third-order valence-electron chi connectivity index (χ3n) is 3.18. The number of benzene rings is 2. The van der Waals surface area contributed by atoms with Crippen molar-refractivity contribution >= 4 is 39.1 Å². The number of halogens is 4. The summed E-state index contributed by atoms with van der Waals surface area (Å²) in [5.41, 5.74) is 4.31. The zero-order chi connectivity index (χ0) is 15.4. The van der Waals surface area contributed by atoms with Crippen LogP contribution in [-0.2, 0) is 12.8 Å². The SMILES string of the molecule is NNC(Cc1ccc(Cl)c(Cl)c1)Cc1cc(Br)ccc1F. The topological polar surface area (TPSA) is 38.0 Å². The summed E-state index contributed by atoms with van der Waals surface area (Å²) in [6, 6.07) is 10.2. The van der Waals surface area contributed by atoms with Crippen molar-refractivity contribution in [1.82, 2.24) is 5.43 Å². The average molecular weight is 392 g/mol. The van der Waals surface area contributed by atoms with Gasteiger partial charge < -0.3 is 0 Å². The van der Waals surface area contributed by atoms with Crippen molar-refractivity contribution in [2.45, 2.75) is 18.9 Å². The minimum Gasteiger partial charge on any atom is -0.271 e. The standard InChI is InChI=1S/C15H14BrCl2FN2/c16-11-2-4-15(19)10(7-11)8-12(21-20)5-9-1-3-13(17)14(18)6-9/h1-4,6-7,12,21H,5,8,20H2. The van der Waals surface area contributed by atoms with Crippen LogP contribution in [0.25, 0.3) is 0 Å². The summed E-state index contributed by atoms with van der Waals surface area (Å²) >= 11 is 15.2. The van der Waals surface area contributed by atoms with Crippen molar-refractivity contribution in [2.24, 2.45) is 5.84 Å². The first-order chi connectivity index (χ1) is 9.99. The van der Waals surface area contributed by atoms with Gasteiger partial charge in [-0.3, -0.25) is 11.3 Å². The molecule has 0 heterocycles. The Morgan fingerprint density at radius 3 is 2.52 bits per heavy atom. The van der Waals surface area contributed by atoms with E-state index in [-0.39, 0.29) is 11.9 Å². The van der Waals surface area contributed by atoms with E-state index in [0.717, 1.165) is 10.0 Å². The first kappa shape index (κ1) is 16.7. The molecule has 1 atom stereocenters. The van der Waals surface area contributed by atoms with Crippen molar-refractivity contribution in [1.29, 1.82) is 0 Å². The fourth-order valence-corrected chi connectivity index (χ4v) is 2.84. The Kier molecular flexibility index (Phi) is 6.02. The van der Waals surface area contributed by atoms with Crippen molar-refractivity contribution in [2.75, 3.05) is 0 Å². The molecule has 1 unspecified atom stereocenters. The van der Waals surface area contributed by atoms with Crippen LogP contribution in [0.5, 0.6) is 0 Å². The predicted octanol–water partition coefficient (Wildman–Crippen LogP) is 4.51. The van der Waals surface area contributed by atoms with Crippen molar-refractivity contribution in [3.8, 4) is 0 Å². The molecular formula is C15H14BrCl2FN2. The Bertz CT molecular complexity index is 637. The third-order valence-corrected chi connectivity index (χ3v) is 4.41. The van der Waals surface area contributed by atoms with Gasteiger partial charge in [-0.15, -0.1) is 0 Å². The highest BCUT2D eigenvalue weighted by atomic mass is 79.9. The molecule has 2 nitrogen and oxygen atoms in total. The number of rotatable bonds is 5. The molecule has 2 aromatic carbocycles. The fraction of sp³-hybridized carbons (Fsp3) is 0.200. The Balaban J connectivity index is 2.12. The molecule has 0 fully saturated rings. The maximum Gasteiger partial charge on any atom is 0.126 e. The second-order valence-electron chi connectivity index (χ2n) is 4.76. The first-order valence-corrected chi connectivity index (χ1v) is 7.88. The van der Waals surface area contributed by atoms with Gasteiger partial charge in [0.2, 0.25) is 0 Å². The minimum atomic E-state index is -0.243. The Morgan fingerprint density at radius 1 is 1.10 bits per heavy atom. The summed E-state index contributed by atoms with van der Waals surface area (Å²) < 4.78 is 14.6. The number of hydrogen-bond donors (Lipinski definition) is 2. The van der Waals surface area contributed by atoms with E-state index >= 15 is 0 Å². The van der Waals surface area contributed by atoms with Gasteiger partial charge in [0.1, 0.15) is 5.82 Å². The molecule has 0 bridgehead atoms. The number of nitrogens with one attached hydrogen (secondary N) is 1. The van der Waals surface area contributed by atoms with E-state index in [1.54, 1.807) is 24.3 Å². The van der Waals surface area contributed by atoms with Gasteiger partial charge >= 0.3 is 0 Å². The van der Waals surface area contributed by atoms with E-state index in [1.165, 1.54) is 6.07 Å². The van der Waals surface area contributed by atoms with Crippen molar-refractivity contribution in [3.63, 3.8) is 0 Å². The van der Waals surface area contributed by atoms with Crippen LogP contribution in [0.15, 0.2) is 40.9 Å². The Hall–Kier alpha value is -0.650. The second-order valence-corrected chi connectivity index (χ2v) is 6.49. The highest BCUT2D eigenvalue weighted by Gasteiger charge is 2.13. The summed E-state index contributed by atoms with van der Waals surface area (Å²) in [6.07, 6.45) is 1.10. The summed E-state index contributed by atoms with van der Waals surface area (Å²) in [5.74, 6) is 5.34. The van der Waals surface area contributed by atoms with E-state index < -0.39 is 0 Å². The highest BCUT2D eigenvalue weighted by Crippen LogP contribution is 2.24. The molecule has 6 heteroatoms. The summed E-state index contributed by atoms with van der Waals surface area (Å²) in [7, 11) is 0. The lowest BCUT2D eigenvalue weighted by Gasteiger charge is -2.17. The molecular weight excluding hydrogens is 378 g/mol. The number of hydrazine groups is 1. The van der Waals surface area contributed by atoms with Crippen LogP contribution in [0, 0.1) is 5.82 Å². The fourth-order valence-electron chi connectivity index (χ4n) is 2.11. The van der Waals surface area contributed by atoms with Gasteiger partial charge in [0.25, 0.3) is 0 Å². The summed E-state index contributed by atoms with van der Waals surface area (Å²) in [5, 5.41) is 1.01. The van der Waals surface area contributed by atoms with Crippen molar-refractivity contribution < 1.29 is 4.39 Å². The molecule has 0 aliphatic rings. The van der Waals surface area contributed by atoms with Crippen LogP contribution in [-0.4, -0.2) is 6.04 Å². The lowest BCUT2D eigenvalue weighted by Crippen LogP contribution is -2.38. The molecule has 3 N–H and O–H groups in total. The molecule has 21 heavy (non-hydrogen) atoms. The maximum atomic E-state index is 13.8. The van der Waals surface area contributed by atoms with Crippen LogP contribution in [0.1, 0.15) is 11.1 Å². The minimum absolute atomic E-state index is 0.106. The lowest BCUT2D eigenvalue weighted by molar-refractivity contribution is 0.506. The third kappa shape index (κ3) is 4.66. The Labute approximate surface area is 141 Å². The molecule has 2 aromatic rings. The molecule has 2 rings (SSSR count). The zero-order valence-electron chi connectivity index (χ0n) is 11.0. The van der Waals surface area contributed by atoms with Gasteiger partial charge in [-0.1, -0.05) is 45.2 Å². The van der Waals surface area contributed by atoms with E-state index in [9.17, 15) is 4.39 Å². The van der Waals surface area contributed by atoms with E-state index in [1.807, 2.05) is 6.07 Å². The first-order valence-electron chi connectivity index (χ1n) is 6.33. The molecule has 0 amide bonds. The van der Waals surface area contributed by atoms with Gasteiger partial charge in [-0.25, -0.2) is 4.39 Å². The van der Waals surface area contributed by atoms with Gasteiger partial charge in [0.15, 0.2) is 0 Å². The van der Waals surface area contributed by atoms with Gasteiger partial charge in [-0.05, 0) is 54.3 Å². The zero-order valence-corrected chi connectivity index (χ0v) is 14.1. The van der Waals surface area contributed by atoms with Crippen LogP contribution in [0.3, 0.4) is 0 Å². The van der Waals surface area contributed by atoms with Crippen LogP contribution >= 0.6 is 39.1 Å². The molecule has 0 aliphatic heterocycles. The number of hydrogen-bond acceptors (Lipinski definition) is 2. The summed E-state index contributed by atoms with van der Waals surface area (Å²) in [6.45, 7) is 0. The van der Waals surface area contributed by atoms with Gasteiger partial charge in [0.05, 0.1) is 10.0 Å². The molecule has 0 saturated carbocycles. The van der Waals surface area contributed by atoms with Gasteiger partial charge in [-0.2, -0.15) is 0 Å². The van der Waals surface area contributed by atoms with E-state index in [0.29, 0.717) is 28.5 Å². The highest BCUT2D eigenvalue weighted by molar-refractivity contribution is 9.10. The van der Waals surface area contributed by atoms with Crippen LogP contribution in [0.2, 0.25) is 10.0 Å². The lowest BCUT2D eigenvalue weighted by atomic mass is 9.99. The molecule has 112 valence electrons. The van der Waals surface area contributed by atoms with Crippen LogP contribution < -0.4 is 11.3 Å². The van der Waals surface area contributed by atoms with Gasteiger partial charge in [0, 0.05) is 10.5 Å². The molecule has 0 aliphatic carbocycles. The molecule has 0 radical (unpaired) electrons. The van der Waals surface area contributed by atoms with Crippen molar-refractivity contribution in [3.05, 3.63) is 67.9 Å². The Morgan fingerprint density at radius 2 is 1.86 bits per heavy atom. The molecule has 0 aromatic heterocycles. The monoisotopic (exact) mass is 390 g/mol. The largest absolute Gasteiger partial charge is 0.271 e. The normalized spacial score (nSPS) is 12.4. The predicted molar refractivity (Wildman–Crippen MR) is 89.1 cm³/mol. The molecule has 0 spiro atoms. The smallest absolute Gasteiger partial charge is 0.126 e. The maximum absolute atomic E-state index is 13.8. The molecule has 0 saturated heterocycles. The quantitative estimate of drug-likeness (QED) is 0.581. The van der Waals surface area contributed by atoms with E-state index in [4.69, 9.17) is 29.0 Å². The summed E-state index contributed by atoms with van der Waals surface area (Å²) in [4.78, 5) is 0. The average Bonchev–Trinajstić information content (AvgIpc) is 2.46. The number of nitrogens with two attached hydrogens (primary N) is 1. The second kappa shape index (κ2) is 7.56. The van der Waals surface area contributed by atoms with E-state index in [2.05, 4.69) is 21.4 Å².